The summed E-state index contributed by atoms with van der Waals surface area (Å²) in [5.41, 5.74) is 1.70. The summed E-state index contributed by atoms with van der Waals surface area (Å²) in [5, 5.41) is 5.91. The highest BCUT2D eigenvalue weighted by Gasteiger charge is 2.14. The van der Waals surface area contributed by atoms with E-state index in [1.807, 2.05) is 30.3 Å². The number of benzene rings is 2. The molecule has 0 saturated heterocycles. The van der Waals surface area contributed by atoms with Crippen LogP contribution in [0.1, 0.15) is 5.56 Å². The molecule has 0 heterocycles. The molecule has 0 spiro atoms. The fourth-order valence-corrected chi connectivity index (χ4v) is 2.27. The number of carbonyl (C=O) groups is 1. The van der Waals surface area contributed by atoms with Crippen LogP contribution < -0.4 is 24.8 Å². The van der Waals surface area contributed by atoms with Gasteiger partial charge in [0.2, 0.25) is 11.7 Å². The van der Waals surface area contributed by atoms with Gasteiger partial charge in [0.1, 0.15) is 0 Å². The molecule has 2 aromatic rings. The Bertz CT molecular complexity index is 649. The molecule has 0 radical (unpaired) electrons. The largest absolute Gasteiger partial charge is 0.493 e. The molecule has 2 aromatic carbocycles. The van der Waals surface area contributed by atoms with E-state index in [0.717, 1.165) is 5.56 Å². The standard InChI is InChI=1S/C18H22N2O4/c1-22-15-9-14(10-16(23-2)18(15)24-3)20-17(21)12-19-11-13-7-5-4-6-8-13/h4-10,19H,11-12H2,1-3H3,(H,20,21). The smallest absolute Gasteiger partial charge is 0.238 e. The first-order chi connectivity index (χ1) is 11.7. The second kappa shape index (κ2) is 8.79. The first kappa shape index (κ1) is 17.6. The SMILES string of the molecule is COc1cc(NC(=O)CNCc2ccccc2)cc(OC)c1OC. The van der Waals surface area contributed by atoms with Gasteiger partial charge in [0.15, 0.2) is 11.5 Å². The van der Waals surface area contributed by atoms with Crippen LogP contribution in [0.15, 0.2) is 42.5 Å². The van der Waals surface area contributed by atoms with E-state index in [4.69, 9.17) is 14.2 Å². The molecule has 0 aliphatic rings. The Labute approximate surface area is 141 Å². The maximum atomic E-state index is 12.1. The van der Waals surface area contributed by atoms with E-state index in [2.05, 4.69) is 10.6 Å². The Morgan fingerprint density at radius 1 is 0.958 bits per heavy atom. The number of nitrogens with one attached hydrogen (secondary N) is 2. The van der Waals surface area contributed by atoms with E-state index in [1.165, 1.54) is 21.3 Å². The van der Waals surface area contributed by atoms with Crippen LogP contribution in [0.2, 0.25) is 0 Å². The van der Waals surface area contributed by atoms with Crippen LogP contribution >= 0.6 is 0 Å². The summed E-state index contributed by atoms with van der Waals surface area (Å²) in [6.07, 6.45) is 0. The van der Waals surface area contributed by atoms with Gasteiger partial charge in [-0.1, -0.05) is 30.3 Å². The van der Waals surface area contributed by atoms with Crippen molar-refractivity contribution in [1.82, 2.24) is 5.32 Å². The number of methoxy groups -OCH3 is 3. The van der Waals surface area contributed by atoms with Crippen molar-refractivity contribution in [2.24, 2.45) is 0 Å². The van der Waals surface area contributed by atoms with E-state index >= 15 is 0 Å². The molecule has 0 unspecified atom stereocenters. The molecule has 0 fully saturated rings. The monoisotopic (exact) mass is 330 g/mol. The van der Waals surface area contributed by atoms with E-state index in [1.54, 1.807) is 12.1 Å². The first-order valence-corrected chi connectivity index (χ1v) is 7.52. The number of rotatable bonds is 8. The molecule has 6 nitrogen and oxygen atoms in total. The lowest BCUT2D eigenvalue weighted by molar-refractivity contribution is -0.115. The average Bonchev–Trinajstić information content (AvgIpc) is 2.61. The number of hydrogen-bond acceptors (Lipinski definition) is 5. The molecular weight excluding hydrogens is 308 g/mol. The number of ether oxygens (including phenoxy) is 3. The minimum absolute atomic E-state index is 0.153. The van der Waals surface area contributed by atoms with Gasteiger partial charge in [-0.2, -0.15) is 0 Å². The lowest BCUT2D eigenvalue weighted by Gasteiger charge is -2.14. The van der Waals surface area contributed by atoms with Crippen molar-refractivity contribution >= 4 is 11.6 Å². The van der Waals surface area contributed by atoms with Gasteiger partial charge in [0.25, 0.3) is 0 Å². The second-order valence-corrected chi connectivity index (χ2v) is 5.05. The molecule has 6 heteroatoms. The second-order valence-electron chi connectivity index (χ2n) is 5.05. The van der Waals surface area contributed by atoms with Crippen LogP contribution in [-0.4, -0.2) is 33.8 Å². The molecule has 0 aromatic heterocycles. The number of anilines is 1. The van der Waals surface area contributed by atoms with Gasteiger partial charge < -0.3 is 24.8 Å². The minimum Gasteiger partial charge on any atom is -0.493 e. The lowest BCUT2D eigenvalue weighted by Crippen LogP contribution is -2.27. The molecule has 24 heavy (non-hydrogen) atoms. The van der Waals surface area contributed by atoms with Gasteiger partial charge in [0, 0.05) is 24.4 Å². The summed E-state index contributed by atoms with van der Waals surface area (Å²) in [5.74, 6) is 1.31. The lowest BCUT2D eigenvalue weighted by atomic mass is 10.2. The van der Waals surface area contributed by atoms with Crippen LogP contribution in [0.4, 0.5) is 5.69 Å². The van der Waals surface area contributed by atoms with Gasteiger partial charge in [-0.05, 0) is 5.56 Å². The van der Waals surface area contributed by atoms with Crippen LogP contribution in [0.3, 0.4) is 0 Å². The van der Waals surface area contributed by atoms with Crippen molar-refractivity contribution in [3.8, 4) is 17.2 Å². The van der Waals surface area contributed by atoms with Crippen LogP contribution in [-0.2, 0) is 11.3 Å². The molecule has 2 rings (SSSR count). The first-order valence-electron chi connectivity index (χ1n) is 7.52. The third-order valence-corrected chi connectivity index (χ3v) is 3.41. The van der Waals surface area contributed by atoms with Crippen molar-refractivity contribution in [1.29, 1.82) is 0 Å². The van der Waals surface area contributed by atoms with Crippen molar-refractivity contribution in [2.75, 3.05) is 33.2 Å². The van der Waals surface area contributed by atoms with Gasteiger partial charge in [-0.25, -0.2) is 0 Å². The van der Waals surface area contributed by atoms with E-state index in [0.29, 0.717) is 29.5 Å². The quantitative estimate of drug-likeness (QED) is 0.778. The maximum Gasteiger partial charge on any atom is 0.238 e. The third kappa shape index (κ3) is 4.63. The average molecular weight is 330 g/mol. The fourth-order valence-electron chi connectivity index (χ4n) is 2.27. The van der Waals surface area contributed by atoms with Gasteiger partial charge in [-0.15, -0.1) is 0 Å². The van der Waals surface area contributed by atoms with Gasteiger partial charge in [-0.3, -0.25) is 4.79 Å². The molecule has 128 valence electrons. The number of carbonyl (C=O) groups excluding carboxylic acids is 1. The van der Waals surface area contributed by atoms with E-state index in [9.17, 15) is 4.79 Å². The Hall–Kier alpha value is -2.73. The Morgan fingerprint density at radius 2 is 1.58 bits per heavy atom. The molecule has 0 aliphatic heterocycles. The Morgan fingerprint density at radius 3 is 2.12 bits per heavy atom. The van der Waals surface area contributed by atoms with Crippen molar-refractivity contribution in [2.45, 2.75) is 6.54 Å². The summed E-state index contributed by atoms with van der Waals surface area (Å²) in [4.78, 5) is 12.1. The van der Waals surface area contributed by atoms with Crippen molar-refractivity contribution in [3.05, 3.63) is 48.0 Å². The highest BCUT2D eigenvalue weighted by atomic mass is 16.5. The summed E-state index contributed by atoms with van der Waals surface area (Å²) in [6, 6.07) is 13.3. The number of amides is 1. The van der Waals surface area contributed by atoms with E-state index < -0.39 is 0 Å². The zero-order valence-electron chi connectivity index (χ0n) is 14.1. The summed E-state index contributed by atoms with van der Waals surface area (Å²) < 4.78 is 15.8. The van der Waals surface area contributed by atoms with Crippen LogP contribution in [0.25, 0.3) is 0 Å². The summed E-state index contributed by atoms with van der Waals surface area (Å²) in [7, 11) is 4.60. The third-order valence-electron chi connectivity index (χ3n) is 3.41. The van der Waals surface area contributed by atoms with Crippen molar-refractivity contribution < 1.29 is 19.0 Å². The molecular formula is C18H22N2O4. The van der Waals surface area contributed by atoms with Crippen LogP contribution in [0.5, 0.6) is 17.2 Å². The Balaban J connectivity index is 1.96. The van der Waals surface area contributed by atoms with E-state index in [-0.39, 0.29) is 12.5 Å². The zero-order valence-corrected chi connectivity index (χ0v) is 14.1. The summed E-state index contributed by atoms with van der Waals surface area (Å²) in [6.45, 7) is 0.828. The predicted octanol–water partition coefficient (Wildman–Crippen LogP) is 2.44. The minimum atomic E-state index is -0.153. The fraction of sp³-hybridized carbons (Fsp3) is 0.278. The molecule has 0 bridgehead atoms. The van der Waals surface area contributed by atoms with Gasteiger partial charge >= 0.3 is 0 Å². The molecule has 0 saturated carbocycles. The summed E-state index contributed by atoms with van der Waals surface area (Å²) >= 11 is 0. The number of hydrogen-bond donors (Lipinski definition) is 2. The normalized spacial score (nSPS) is 10.1. The van der Waals surface area contributed by atoms with Crippen molar-refractivity contribution in [3.63, 3.8) is 0 Å². The molecule has 1 amide bonds. The Kier molecular flexibility index (Phi) is 6.45. The molecule has 0 aliphatic carbocycles. The predicted molar refractivity (Wildman–Crippen MR) is 92.9 cm³/mol. The molecule has 0 atom stereocenters. The topological polar surface area (TPSA) is 68.8 Å². The highest BCUT2D eigenvalue weighted by molar-refractivity contribution is 5.93. The maximum absolute atomic E-state index is 12.1. The van der Waals surface area contributed by atoms with Gasteiger partial charge in [0.05, 0.1) is 27.9 Å². The zero-order chi connectivity index (χ0) is 17.4. The highest BCUT2D eigenvalue weighted by Crippen LogP contribution is 2.39. The van der Waals surface area contributed by atoms with Crippen LogP contribution in [0, 0.1) is 0 Å². The molecule has 2 N–H and O–H groups in total.